The Bertz CT molecular complexity index is 1280. The van der Waals surface area contributed by atoms with E-state index in [2.05, 4.69) is 23.0 Å². The molecule has 3 heterocycles. The van der Waals surface area contributed by atoms with Crippen molar-refractivity contribution >= 4 is 51.2 Å². The van der Waals surface area contributed by atoms with E-state index in [1.54, 1.807) is 0 Å². The molecule has 0 bridgehead atoms. The second-order valence-corrected chi connectivity index (χ2v) is 10.8. The highest BCUT2D eigenvalue weighted by atomic mass is 32.2. The van der Waals surface area contributed by atoms with Crippen LogP contribution in [0.2, 0.25) is 0 Å². The number of hydrogen-bond acceptors (Lipinski definition) is 8. The summed E-state index contributed by atoms with van der Waals surface area (Å²) in [6.07, 6.45) is -4.57. The number of alkyl halides is 3. The van der Waals surface area contributed by atoms with E-state index in [1.807, 2.05) is 22.4 Å². The number of carbonyl (C=O) groups is 2. The molecular weight excluding hydrogens is 537 g/mol. The minimum Gasteiger partial charge on any atom is -0.378 e. The molecular formula is C26H25F3N4O3S2. The van der Waals surface area contributed by atoms with E-state index in [0.717, 1.165) is 28.8 Å². The summed E-state index contributed by atoms with van der Waals surface area (Å²) < 4.78 is 45.5. The largest absolute Gasteiger partial charge is 0.416 e. The molecule has 0 saturated carbocycles. The molecule has 200 valence electrons. The lowest BCUT2D eigenvalue weighted by atomic mass is 9.76. The van der Waals surface area contributed by atoms with E-state index >= 15 is 0 Å². The predicted octanol–water partition coefficient (Wildman–Crippen LogP) is 5.33. The Kier molecular flexibility index (Phi) is 8.60. The minimum atomic E-state index is -4.57. The van der Waals surface area contributed by atoms with Crippen molar-refractivity contribution in [3.63, 3.8) is 0 Å². The number of benzene rings is 1. The summed E-state index contributed by atoms with van der Waals surface area (Å²) >= 11 is 2.44. The van der Waals surface area contributed by atoms with Gasteiger partial charge in [-0.15, -0.1) is 11.3 Å². The Morgan fingerprint density at radius 3 is 2.66 bits per heavy atom. The average Bonchev–Trinajstić information content (AvgIpc) is 3.41. The molecule has 12 heteroatoms. The van der Waals surface area contributed by atoms with Gasteiger partial charge < -0.3 is 15.0 Å². The van der Waals surface area contributed by atoms with Gasteiger partial charge >= 0.3 is 6.18 Å². The first-order chi connectivity index (χ1) is 18.1. The topological polar surface area (TPSA) is 94.8 Å². The van der Waals surface area contributed by atoms with Crippen molar-refractivity contribution in [2.75, 3.05) is 42.3 Å². The van der Waals surface area contributed by atoms with Crippen LogP contribution in [0.3, 0.4) is 0 Å². The van der Waals surface area contributed by atoms with Crippen LogP contribution in [-0.4, -0.2) is 48.8 Å². The van der Waals surface area contributed by atoms with Crippen molar-refractivity contribution in [1.29, 1.82) is 5.26 Å². The molecule has 4 rings (SSSR count). The van der Waals surface area contributed by atoms with Crippen LogP contribution in [0, 0.1) is 23.2 Å². The highest BCUT2D eigenvalue weighted by molar-refractivity contribution is 8.14. The van der Waals surface area contributed by atoms with Gasteiger partial charge in [0, 0.05) is 29.6 Å². The molecule has 2 aliphatic rings. The number of rotatable bonds is 6. The predicted molar refractivity (Wildman–Crippen MR) is 142 cm³/mol. The number of thiophene rings is 1. The third kappa shape index (κ3) is 6.11. The number of allylic oxidation sites excluding steroid dienone is 1. The average molecular weight is 563 g/mol. The van der Waals surface area contributed by atoms with Gasteiger partial charge in [-0.25, -0.2) is 4.99 Å². The maximum absolute atomic E-state index is 13.4. The molecule has 0 aliphatic carbocycles. The van der Waals surface area contributed by atoms with Crippen LogP contribution >= 0.6 is 23.1 Å². The molecule has 0 radical (unpaired) electrons. The van der Waals surface area contributed by atoms with Crippen molar-refractivity contribution in [2.24, 2.45) is 16.8 Å². The zero-order chi connectivity index (χ0) is 27.4. The third-order valence-electron chi connectivity index (χ3n) is 6.35. The normalized spacial score (nSPS) is 22.0. The maximum atomic E-state index is 13.4. The fourth-order valence-corrected chi connectivity index (χ4v) is 6.42. The number of halogens is 3. The number of Topliss-reactive ketones (excluding diaryl/α,β-unsaturated/α-hetero) is 1. The number of nitrogens with zero attached hydrogens (tertiary/aromatic N) is 3. The first-order valence-corrected chi connectivity index (χ1v) is 13.6. The second kappa shape index (κ2) is 11.7. The number of ether oxygens (including phenoxy) is 1. The molecule has 0 spiro atoms. The summed E-state index contributed by atoms with van der Waals surface area (Å²) in [5.74, 6) is -2.80. The summed E-state index contributed by atoms with van der Waals surface area (Å²) in [4.78, 5) is 32.5. The molecule has 1 fully saturated rings. The van der Waals surface area contributed by atoms with Gasteiger partial charge in [0.1, 0.15) is 11.7 Å². The first kappa shape index (κ1) is 27.9. The van der Waals surface area contributed by atoms with Crippen molar-refractivity contribution in [1.82, 2.24) is 0 Å². The lowest BCUT2D eigenvalue weighted by Gasteiger charge is -2.33. The van der Waals surface area contributed by atoms with Crippen LogP contribution in [0.4, 0.5) is 24.5 Å². The second-order valence-electron chi connectivity index (χ2n) is 8.84. The van der Waals surface area contributed by atoms with Crippen molar-refractivity contribution in [3.05, 3.63) is 58.4 Å². The molecule has 1 aromatic heterocycles. The van der Waals surface area contributed by atoms with Crippen molar-refractivity contribution in [3.8, 4) is 6.07 Å². The highest BCUT2D eigenvalue weighted by Gasteiger charge is 2.42. The van der Waals surface area contributed by atoms with Gasteiger partial charge in [0.2, 0.25) is 5.91 Å². The molecule has 1 N–H and O–H groups in total. The SMILES string of the molecule is C=C1N=C(SCC(=O)Nc2cc(C(F)(F)F)ccc2N2CCOCC2)C(C#N)[C@H](c2cccs2)[C@H]1C(C)=O. The summed E-state index contributed by atoms with van der Waals surface area (Å²) in [5, 5.41) is 14.8. The number of ketones is 1. The van der Waals surface area contributed by atoms with E-state index in [9.17, 15) is 28.0 Å². The number of amides is 1. The van der Waals surface area contributed by atoms with Gasteiger partial charge in [-0.1, -0.05) is 24.4 Å². The number of aliphatic imine (C=N–C) groups is 1. The fraction of sp³-hybridized carbons (Fsp3) is 0.385. The van der Waals surface area contributed by atoms with E-state index in [-0.39, 0.29) is 17.2 Å². The van der Waals surface area contributed by atoms with E-state index < -0.39 is 35.4 Å². The molecule has 1 amide bonds. The summed E-state index contributed by atoms with van der Waals surface area (Å²) in [5.41, 5.74) is -0.0333. The Balaban J connectivity index is 1.54. The molecule has 3 atom stereocenters. The number of anilines is 2. The third-order valence-corrected chi connectivity index (χ3v) is 8.37. The van der Waals surface area contributed by atoms with Crippen LogP contribution in [0.5, 0.6) is 0 Å². The van der Waals surface area contributed by atoms with Crippen LogP contribution < -0.4 is 10.2 Å². The highest BCUT2D eigenvalue weighted by Crippen LogP contribution is 2.45. The Hall–Kier alpha value is -3.14. The van der Waals surface area contributed by atoms with Crippen LogP contribution in [-0.2, 0) is 20.5 Å². The number of morpholine rings is 1. The number of hydrogen-bond donors (Lipinski definition) is 1. The number of nitrogens with one attached hydrogen (secondary N) is 1. The van der Waals surface area contributed by atoms with Crippen LogP contribution in [0.25, 0.3) is 0 Å². The lowest BCUT2D eigenvalue weighted by molar-refractivity contribution is -0.137. The summed E-state index contributed by atoms with van der Waals surface area (Å²) in [7, 11) is 0. The van der Waals surface area contributed by atoms with Gasteiger partial charge in [-0.05, 0) is 36.6 Å². The smallest absolute Gasteiger partial charge is 0.378 e. The molecule has 7 nitrogen and oxygen atoms in total. The molecule has 1 aromatic carbocycles. The molecule has 38 heavy (non-hydrogen) atoms. The van der Waals surface area contributed by atoms with Gasteiger partial charge in [-0.2, -0.15) is 18.4 Å². The molecule has 2 aliphatic heterocycles. The van der Waals surface area contributed by atoms with E-state index in [4.69, 9.17) is 4.74 Å². The zero-order valence-electron chi connectivity index (χ0n) is 20.5. The number of thioether (sulfide) groups is 1. The maximum Gasteiger partial charge on any atom is 0.416 e. The van der Waals surface area contributed by atoms with Crippen LogP contribution in [0.15, 0.2) is 53.0 Å². The lowest BCUT2D eigenvalue weighted by Crippen LogP contribution is -2.37. The van der Waals surface area contributed by atoms with Gasteiger partial charge in [0.05, 0.1) is 52.9 Å². The molecule has 2 aromatic rings. The number of nitriles is 1. The number of carbonyl (C=O) groups excluding carboxylic acids is 2. The first-order valence-electron chi connectivity index (χ1n) is 11.8. The summed E-state index contributed by atoms with van der Waals surface area (Å²) in [6, 6.07) is 9.19. The Labute approximate surface area is 226 Å². The fourth-order valence-electron chi connectivity index (χ4n) is 4.61. The zero-order valence-corrected chi connectivity index (χ0v) is 22.1. The monoisotopic (exact) mass is 562 g/mol. The minimum absolute atomic E-state index is 0.0484. The van der Waals surface area contributed by atoms with Gasteiger partial charge in [0.25, 0.3) is 0 Å². The van der Waals surface area contributed by atoms with Gasteiger partial charge in [0.15, 0.2) is 0 Å². The van der Waals surface area contributed by atoms with E-state index in [0.29, 0.717) is 42.7 Å². The van der Waals surface area contributed by atoms with Gasteiger partial charge in [-0.3, -0.25) is 9.59 Å². The van der Waals surface area contributed by atoms with Crippen molar-refractivity contribution in [2.45, 2.75) is 19.0 Å². The molecule has 1 unspecified atom stereocenters. The summed E-state index contributed by atoms with van der Waals surface area (Å²) in [6.45, 7) is 7.19. The molecule has 1 saturated heterocycles. The van der Waals surface area contributed by atoms with Crippen molar-refractivity contribution < 1.29 is 27.5 Å². The standard InChI is InChI=1S/C26H25F3N4O3S2/c1-15-23(16(2)34)24(21-4-3-11-37-21)18(13-30)25(31-15)38-14-22(35)32-19-12-17(26(27,28)29)5-6-20(19)33-7-9-36-10-8-33/h3-6,11-12,18,23-24H,1,7-10,14H2,2H3,(H,32,35)/t18?,23-,24-/m1/s1. The Morgan fingerprint density at radius 2 is 2.05 bits per heavy atom. The van der Waals surface area contributed by atoms with Crippen LogP contribution in [0.1, 0.15) is 23.3 Å². The Morgan fingerprint density at radius 1 is 1.32 bits per heavy atom. The van der Waals surface area contributed by atoms with E-state index in [1.165, 1.54) is 24.3 Å². The quantitative estimate of drug-likeness (QED) is 0.512.